The molecule has 116 valence electrons. The number of para-hydroxylation sites is 2. The van der Waals surface area contributed by atoms with E-state index in [0.717, 1.165) is 35.5 Å². The summed E-state index contributed by atoms with van der Waals surface area (Å²) >= 11 is 0. The lowest BCUT2D eigenvalue weighted by atomic mass is 10.0. The van der Waals surface area contributed by atoms with Crippen molar-refractivity contribution in [1.29, 1.82) is 0 Å². The van der Waals surface area contributed by atoms with Crippen LogP contribution in [0.5, 0.6) is 0 Å². The van der Waals surface area contributed by atoms with E-state index in [1.165, 1.54) is 0 Å². The molecule has 1 unspecified atom stereocenters. The fraction of sp³-hybridized carbons (Fsp3) is 0.250. The van der Waals surface area contributed by atoms with Crippen molar-refractivity contribution in [2.24, 2.45) is 5.92 Å². The minimum Gasteiger partial charge on any atom is -0.381 e. The molecule has 0 N–H and O–H groups in total. The molecule has 1 fully saturated rings. The van der Waals surface area contributed by atoms with Crippen molar-refractivity contribution in [3.05, 3.63) is 59.7 Å². The van der Waals surface area contributed by atoms with E-state index in [0.29, 0.717) is 18.9 Å². The molecule has 2 heterocycles. The fourth-order valence-electron chi connectivity index (χ4n) is 3.32. The maximum atomic E-state index is 13.1. The quantitative estimate of drug-likeness (QED) is 0.829. The van der Waals surface area contributed by atoms with Crippen LogP contribution < -0.4 is 4.90 Å². The molecule has 1 amide bonds. The Labute approximate surface area is 136 Å². The van der Waals surface area contributed by atoms with Gasteiger partial charge in [-0.3, -0.25) is 9.69 Å². The highest BCUT2D eigenvalue weighted by Crippen LogP contribution is 2.37. The van der Waals surface area contributed by atoms with E-state index in [4.69, 9.17) is 4.74 Å². The summed E-state index contributed by atoms with van der Waals surface area (Å²) in [5.74, 6) is 0.474. The topological polar surface area (TPSA) is 29.5 Å². The van der Waals surface area contributed by atoms with Crippen LogP contribution >= 0.6 is 0 Å². The summed E-state index contributed by atoms with van der Waals surface area (Å²) in [6.45, 7) is 1.47. The van der Waals surface area contributed by atoms with Crippen LogP contribution in [0.2, 0.25) is 0 Å². The molecule has 2 aliphatic heterocycles. The van der Waals surface area contributed by atoms with Crippen molar-refractivity contribution < 1.29 is 9.53 Å². The number of carbonyl (C=O) groups is 1. The average molecular weight is 305 g/mol. The van der Waals surface area contributed by atoms with Crippen LogP contribution in [0.3, 0.4) is 0 Å². The van der Waals surface area contributed by atoms with Crippen molar-refractivity contribution in [3.8, 4) is 0 Å². The molecule has 0 radical (unpaired) electrons. The lowest BCUT2D eigenvalue weighted by Crippen LogP contribution is -2.28. The molecule has 3 nitrogen and oxygen atoms in total. The molecular weight excluding hydrogens is 286 g/mol. The van der Waals surface area contributed by atoms with Gasteiger partial charge in [-0.1, -0.05) is 48.6 Å². The van der Waals surface area contributed by atoms with Gasteiger partial charge in [0.2, 0.25) is 5.91 Å². The number of hydrogen-bond donors (Lipinski definition) is 0. The Hall–Kier alpha value is -2.39. The number of nitrogens with zero attached hydrogens (tertiary/aromatic N) is 1. The van der Waals surface area contributed by atoms with Crippen LogP contribution in [-0.4, -0.2) is 19.1 Å². The van der Waals surface area contributed by atoms with E-state index in [1.807, 2.05) is 41.3 Å². The average Bonchev–Trinajstić information content (AvgIpc) is 3.02. The van der Waals surface area contributed by atoms with Gasteiger partial charge in [0.05, 0.1) is 11.4 Å². The summed E-state index contributed by atoms with van der Waals surface area (Å²) < 4.78 is 5.43. The first-order chi connectivity index (χ1) is 11.3. The third-order valence-electron chi connectivity index (χ3n) is 4.53. The van der Waals surface area contributed by atoms with Gasteiger partial charge >= 0.3 is 0 Å². The first-order valence-corrected chi connectivity index (χ1v) is 8.10. The van der Waals surface area contributed by atoms with Crippen LogP contribution in [0.1, 0.15) is 24.0 Å². The van der Waals surface area contributed by atoms with E-state index < -0.39 is 0 Å². The number of amides is 1. The van der Waals surface area contributed by atoms with Gasteiger partial charge in [0.1, 0.15) is 0 Å². The largest absolute Gasteiger partial charge is 0.381 e. The Bertz CT molecular complexity index is 710. The molecule has 0 aromatic heterocycles. The van der Waals surface area contributed by atoms with E-state index in [9.17, 15) is 4.79 Å². The second-order valence-electron chi connectivity index (χ2n) is 6.11. The third-order valence-corrected chi connectivity index (χ3v) is 4.53. The number of hydrogen-bond acceptors (Lipinski definition) is 2. The van der Waals surface area contributed by atoms with Gasteiger partial charge in [0.25, 0.3) is 0 Å². The highest BCUT2D eigenvalue weighted by atomic mass is 16.5. The van der Waals surface area contributed by atoms with Gasteiger partial charge in [0, 0.05) is 19.6 Å². The second kappa shape index (κ2) is 6.01. The molecule has 4 rings (SSSR count). The molecule has 2 aromatic rings. The van der Waals surface area contributed by atoms with Crippen LogP contribution in [0, 0.1) is 5.92 Å². The summed E-state index contributed by atoms with van der Waals surface area (Å²) in [6.07, 6.45) is 5.67. The molecule has 1 atom stereocenters. The van der Waals surface area contributed by atoms with Gasteiger partial charge in [-0.05, 0) is 35.6 Å². The predicted octanol–water partition coefficient (Wildman–Crippen LogP) is 4.26. The third kappa shape index (κ3) is 2.68. The highest BCUT2D eigenvalue weighted by molar-refractivity contribution is 6.06. The van der Waals surface area contributed by atoms with Gasteiger partial charge in [-0.15, -0.1) is 0 Å². The smallest absolute Gasteiger partial charge is 0.231 e. The Balaban J connectivity index is 1.77. The maximum Gasteiger partial charge on any atom is 0.231 e. The molecule has 23 heavy (non-hydrogen) atoms. The Kier molecular flexibility index (Phi) is 3.72. The summed E-state index contributed by atoms with van der Waals surface area (Å²) in [5.41, 5.74) is 4.05. The van der Waals surface area contributed by atoms with Crippen LogP contribution in [-0.2, 0) is 9.53 Å². The molecule has 1 saturated heterocycles. The molecule has 0 saturated carbocycles. The van der Waals surface area contributed by atoms with E-state index >= 15 is 0 Å². The minimum atomic E-state index is 0.143. The highest BCUT2D eigenvalue weighted by Gasteiger charge is 2.27. The first-order valence-electron chi connectivity index (χ1n) is 8.10. The Morgan fingerprint density at radius 3 is 2.17 bits per heavy atom. The lowest BCUT2D eigenvalue weighted by molar-refractivity contribution is -0.118. The SMILES string of the molecule is O=C(CC1CCOC1)N1c2ccccc2C=Cc2ccccc21. The van der Waals surface area contributed by atoms with Gasteiger partial charge in [0.15, 0.2) is 0 Å². The Morgan fingerprint density at radius 2 is 1.61 bits per heavy atom. The monoisotopic (exact) mass is 305 g/mol. The van der Waals surface area contributed by atoms with Crippen molar-refractivity contribution in [2.45, 2.75) is 12.8 Å². The van der Waals surface area contributed by atoms with E-state index in [-0.39, 0.29) is 5.91 Å². The standard InChI is InChI=1S/C20H19NO2/c22-20(13-15-11-12-23-14-15)21-18-7-3-1-5-16(18)9-10-17-6-2-4-8-19(17)21/h1-10,15H,11-14H2. The minimum absolute atomic E-state index is 0.143. The van der Waals surface area contributed by atoms with Gasteiger partial charge < -0.3 is 4.74 Å². The number of rotatable bonds is 2. The zero-order chi connectivity index (χ0) is 15.6. The van der Waals surface area contributed by atoms with Gasteiger partial charge in [-0.25, -0.2) is 0 Å². The summed E-state index contributed by atoms with van der Waals surface area (Å²) in [5, 5.41) is 0. The van der Waals surface area contributed by atoms with Gasteiger partial charge in [-0.2, -0.15) is 0 Å². The molecule has 2 aromatic carbocycles. The van der Waals surface area contributed by atoms with E-state index in [2.05, 4.69) is 24.3 Å². The fourth-order valence-corrected chi connectivity index (χ4v) is 3.32. The Morgan fingerprint density at radius 1 is 1.00 bits per heavy atom. The zero-order valence-electron chi connectivity index (χ0n) is 12.9. The lowest BCUT2D eigenvalue weighted by Gasteiger charge is -2.26. The first kappa shape index (κ1) is 14.2. The number of fused-ring (bicyclic) bond motifs is 2. The van der Waals surface area contributed by atoms with Crippen molar-refractivity contribution in [1.82, 2.24) is 0 Å². The van der Waals surface area contributed by atoms with Crippen molar-refractivity contribution in [3.63, 3.8) is 0 Å². The summed E-state index contributed by atoms with van der Waals surface area (Å²) in [4.78, 5) is 15.0. The van der Waals surface area contributed by atoms with Crippen molar-refractivity contribution >= 4 is 29.4 Å². The number of ether oxygens (including phenoxy) is 1. The second-order valence-corrected chi connectivity index (χ2v) is 6.11. The van der Waals surface area contributed by atoms with E-state index in [1.54, 1.807) is 0 Å². The zero-order valence-corrected chi connectivity index (χ0v) is 12.9. The molecule has 0 aliphatic carbocycles. The van der Waals surface area contributed by atoms with Crippen molar-refractivity contribution in [2.75, 3.05) is 18.1 Å². The molecule has 2 aliphatic rings. The summed E-state index contributed by atoms with van der Waals surface area (Å²) in [6, 6.07) is 16.1. The van der Waals surface area contributed by atoms with Crippen LogP contribution in [0.4, 0.5) is 11.4 Å². The van der Waals surface area contributed by atoms with Crippen LogP contribution in [0.15, 0.2) is 48.5 Å². The number of anilines is 2. The number of benzene rings is 2. The van der Waals surface area contributed by atoms with Crippen LogP contribution in [0.25, 0.3) is 12.2 Å². The molecule has 0 spiro atoms. The normalized spacial score (nSPS) is 19.1. The number of carbonyl (C=O) groups excluding carboxylic acids is 1. The molecular formula is C20H19NO2. The maximum absolute atomic E-state index is 13.1. The summed E-state index contributed by atoms with van der Waals surface area (Å²) in [7, 11) is 0. The molecule has 3 heteroatoms. The molecule has 0 bridgehead atoms. The predicted molar refractivity (Wildman–Crippen MR) is 92.5 cm³/mol.